The molecule has 27 heavy (non-hydrogen) atoms. The maximum atomic E-state index is 11.9. The van der Waals surface area contributed by atoms with E-state index in [4.69, 9.17) is 5.73 Å². The van der Waals surface area contributed by atoms with Gasteiger partial charge >= 0.3 is 0 Å². The lowest BCUT2D eigenvalue weighted by atomic mass is 10.0. The normalized spacial score (nSPS) is 16.3. The first kappa shape index (κ1) is 19.4. The van der Waals surface area contributed by atoms with Crippen LogP contribution in [-0.4, -0.2) is 50.1 Å². The number of hydrogen-bond acceptors (Lipinski definition) is 4. The van der Waals surface area contributed by atoms with Gasteiger partial charge in [-0.05, 0) is 37.1 Å². The Labute approximate surface area is 162 Å². The molecule has 5 nitrogen and oxygen atoms in total. The fourth-order valence-electron chi connectivity index (χ4n) is 3.55. The first-order valence-corrected chi connectivity index (χ1v) is 9.71. The highest BCUT2D eigenvalue weighted by atomic mass is 16.1. The lowest BCUT2D eigenvalue weighted by molar-refractivity contribution is -0.120. The van der Waals surface area contributed by atoms with Crippen molar-refractivity contribution in [2.75, 3.05) is 38.1 Å². The van der Waals surface area contributed by atoms with Crippen molar-refractivity contribution in [2.45, 2.75) is 25.4 Å². The zero-order valence-electron chi connectivity index (χ0n) is 16.1. The number of nitrogens with two attached hydrogens (primary N) is 1. The van der Waals surface area contributed by atoms with Gasteiger partial charge in [-0.3, -0.25) is 4.79 Å². The zero-order chi connectivity index (χ0) is 19.1. The predicted molar refractivity (Wildman–Crippen MR) is 111 cm³/mol. The first-order valence-electron chi connectivity index (χ1n) is 9.71. The molecule has 3 N–H and O–H groups in total. The lowest BCUT2D eigenvalue weighted by Crippen LogP contribution is -2.45. The Morgan fingerprint density at radius 2 is 1.70 bits per heavy atom. The minimum atomic E-state index is -0.328. The van der Waals surface area contributed by atoms with Crippen LogP contribution >= 0.6 is 0 Å². The van der Waals surface area contributed by atoms with Crippen LogP contribution in [0.2, 0.25) is 0 Å². The van der Waals surface area contributed by atoms with Crippen LogP contribution in [0.1, 0.15) is 17.5 Å². The summed E-state index contributed by atoms with van der Waals surface area (Å²) in [7, 11) is 2.16. The molecule has 0 bridgehead atoms. The number of piperazine rings is 1. The first-order chi connectivity index (χ1) is 13.1. The summed E-state index contributed by atoms with van der Waals surface area (Å²) < 4.78 is 0. The van der Waals surface area contributed by atoms with Crippen molar-refractivity contribution >= 4 is 11.6 Å². The minimum Gasteiger partial charge on any atom is -0.369 e. The maximum Gasteiger partial charge on any atom is 0.234 e. The summed E-state index contributed by atoms with van der Waals surface area (Å²) >= 11 is 0. The van der Waals surface area contributed by atoms with Gasteiger partial charge in [-0.2, -0.15) is 0 Å². The number of amides is 1. The largest absolute Gasteiger partial charge is 0.369 e. The molecule has 5 heteroatoms. The minimum absolute atomic E-state index is 0.289. The third kappa shape index (κ3) is 5.55. The number of primary amides is 1. The van der Waals surface area contributed by atoms with Crippen LogP contribution < -0.4 is 16.0 Å². The molecule has 1 unspecified atom stereocenters. The van der Waals surface area contributed by atoms with Gasteiger partial charge in [0.25, 0.3) is 0 Å². The number of aryl methyl sites for hydroxylation is 1. The highest BCUT2D eigenvalue weighted by Gasteiger charge is 2.19. The number of nitrogens with one attached hydrogen (secondary N) is 1. The Morgan fingerprint density at radius 3 is 2.41 bits per heavy atom. The molecule has 0 radical (unpaired) electrons. The summed E-state index contributed by atoms with van der Waals surface area (Å²) in [6.07, 6.45) is 1.54. The second kappa shape index (κ2) is 9.53. The fraction of sp³-hybridized carbons (Fsp3) is 0.409. The number of rotatable bonds is 8. The molecule has 1 fully saturated rings. The summed E-state index contributed by atoms with van der Waals surface area (Å²) in [5.74, 6) is -0.289. The van der Waals surface area contributed by atoms with Crippen molar-refractivity contribution in [3.63, 3.8) is 0 Å². The van der Waals surface area contributed by atoms with E-state index in [-0.39, 0.29) is 11.9 Å². The Balaban J connectivity index is 1.61. The molecule has 3 rings (SSSR count). The van der Waals surface area contributed by atoms with E-state index in [1.54, 1.807) is 0 Å². The third-order valence-corrected chi connectivity index (χ3v) is 5.28. The molecule has 144 valence electrons. The van der Waals surface area contributed by atoms with Crippen molar-refractivity contribution in [3.8, 4) is 0 Å². The third-order valence-electron chi connectivity index (χ3n) is 5.28. The van der Waals surface area contributed by atoms with Crippen molar-refractivity contribution in [1.29, 1.82) is 0 Å². The Bertz CT molecular complexity index is 726. The molecule has 1 amide bonds. The topological polar surface area (TPSA) is 61.6 Å². The maximum absolute atomic E-state index is 11.9. The monoisotopic (exact) mass is 366 g/mol. The Kier molecular flexibility index (Phi) is 6.85. The van der Waals surface area contributed by atoms with Crippen molar-refractivity contribution in [1.82, 2.24) is 10.2 Å². The predicted octanol–water partition coefficient (Wildman–Crippen LogP) is 2.01. The number of carbonyl (C=O) groups is 1. The molecule has 0 spiro atoms. The number of likely N-dealkylation sites (N-methyl/N-ethyl adjacent to an activating group) is 1. The van der Waals surface area contributed by atoms with E-state index >= 15 is 0 Å². The van der Waals surface area contributed by atoms with Crippen LogP contribution in [0.25, 0.3) is 0 Å². The number of hydrogen-bond donors (Lipinski definition) is 2. The quantitative estimate of drug-likeness (QED) is 0.750. The molecule has 1 saturated heterocycles. The zero-order valence-corrected chi connectivity index (χ0v) is 16.1. The van der Waals surface area contributed by atoms with Crippen molar-refractivity contribution in [2.24, 2.45) is 5.73 Å². The average molecular weight is 367 g/mol. The number of para-hydroxylation sites is 1. The van der Waals surface area contributed by atoms with Gasteiger partial charge in [0.05, 0.1) is 6.04 Å². The molecule has 1 atom stereocenters. The molecular formula is C22H30N4O. The second-order valence-corrected chi connectivity index (χ2v) is 7.28. The molecule has 1 heterocycles. The molecule has 1 aliphatic rings. The van der Waals surface area contributed by atoms with Gasteiger partial charge in [-0.25, -0.2) is 0 Å². The van der Waals surface area contributed by atoms with E-state index in [0.717, 1.165) is 32.6 Å². The van der Waals surface area contributed by atoms with Gasteiger partial charge < -0.3 is 20.9 Å². The molecule has 0 aliphatic carbocycles. The van der Waals surface area contributed by atoms with Crippen LogP contribution in [0.15, 0.2) is 54.6 Å². The van der Waals surface area contributed by atoms with E-state index in [1.165, 1.54) is 16.8 Å². The number of benzene rings is 2. The summed E-state index contributed by atoms with van der Waals surface area (Å²) in [5, 5.41) is 3.38. The van der Waals surface area contributed by atoms with E-state index < -0.39 is 0 Å². The number of nitrogens with zero attached hydrogens (tertiary/aromatic N) is 2. The van der Waals surface area contributed by atoms with Gasteiger partial charge in [0.2, 0.25) is 5.91 Å². The lowest BCUT2D eigenvalue weighted by Gasteiger charge is -2.35. The smallest absolute Gasteiger partial charge is 0.234 e. The molecule has 2 aromatic rings. The van der Waals surface area contributed by atoms with Crippen LogP contribution in [0.5, 0.6) is 0 Å². The summed E-state index contributed by atoms with van der Waals surface area (Å²) in [6.45, 7) is 4.85. The highest BCUT2D eigenvalue weighted by Crippen LogP contribution is 2.22. The van der Waals surface area contributed by atoms with Crippen molar-refractivity contribution < 1.29 is 4.79 Å². The Hall–Kier alpha value is -2.37. The standard InChI is InChI=1S/C22H30N4O/c1-25-13-15-26(16-14-25)21-10-6-5-9-19(21)17-24-20(22(23)27)12-11-18-7-3-2-4-8-18/h2-10,20,24H,11-17H2,1H3,(H2,23,27). The SMILES string of the molecule is CN1CCN(c2ccccc2CNC(CCc2ccccc2)C(N)=O)CC1. The van der Waals surface area contributed by atoms with Gasteiger partial charge in [0.1, 0.15) is 0 Å². The van der Waals surface area contributed by atoms with E-state index in [0.29, 0.717) is 13.0 Å². The van der Waals surface area contributed by atoms with Gasteiger partial charge in [0, 0.05) is 38.4 Å². The molecular weight excluding hydrogens is 336 g/mol. The number of carbonyl (C=O) groups excluding carboxylic acids is 1. The summed E-state index contributed by atoms with van der Waals surface area (Å²) in [5.41, 5.74) is 9.34. The summed E-state index contributed by atoms with van der Waals surface area (Å²) in [4.78, 5) is 16.7. The van der Waals surface area contributed by atoms with Crippen LogP contribution in [0.3, 0.4) is 0 Å². The van der Waals surface area contributed by atoms with Gasteiger partial charge in [0.15, 0.2) is 0 Å². The molecule has 0 saturated carbocycles. The molecule has 2 aromatic carbocycles. The van der Waals surface area contributed by atoms with Crippen LogP contribution in [0.4, 0.5) is 5.69 Å². The van der Waals surface area contributed by atoms with Gasteiger partial charge in [-0.15, -0.1) is 0 Å². The molecule has 1 aliphatic heterocycles. The fourth-order valence-corrected chi connectivity index (χ4v) is 3.55. The van der Waals surface area contributed by atoms with Crippen LogP contribution in [-0.2, 0) is 17.8 Å². The van der Waals surface area contributed by atoms with E-state index in [1.807, 2.05) is 18.2 Å². The van der Waals surface area contributed by atoms with Gasteiger partial charge in [-0.1, -0.05) is 48.5 Å². The van der Waals surface area contributed by atoms with E-state index in [9.17, 15) is 4.79 Å². The Morgan fingerprint density at radius 1 is 1.04 bits per heavy atom. The number of anilines is 1. The van der Waals surface area contributed by atoms with Crippen LogP contribution in [0, 0.1) is 0 Å². The molecule has 0 aromatic heterocycles. The van der Waals surface area contributed by atoms with Crippen molar-refractivity contribution in [3.05, 3.63) is 65.7 Å². The average Bonchev–Trinajstić information content (AvgIpc) is 2.69. The second-order valence-electron chi connectivity index (χ2n) is 7.28. The van der Waals surface area contributed by atoms with E-state index in [2.05, 4.69) is 58.6 Å². The summed E-state index contributed by atoms with van der Waals surface area (Å²) in [6, 6.07) is 18.3. The highest BCUT2D eigenvalue weighted by molar-refractivity contribution is 5.79.